The van der Waals surface area contributed by atoms with E-state index in [1.54, 1.807) is 25.1 Å². The van der Waals surface area contributed by atoms with Crippen LogP contribution >= 0.6 is 0 Å². The molecule has 0 aliphatic carbocycles. The Morgan fingerprint density at radius 1 is 1.07 bits per heavy atom. The number of hydrogen-bond donors (Lipinski definition) is 1. The van der Waals surface area contributed by atoms with Gasteiger partial charge >= 0.3 is 0 Å². The fraction of sp³-hybridized carbons (Fsp3) is 0.391. The van der Waals surface area contributed by atoms with E-state index in [9.17, 15) is 19.7 Å². The van der Waals surface area contributed by atoms with Crippen molar-refractivity contribution in [1.29, 1.82) is 0 Å². The van der Waals surface area contributed by atoms with Crippen molar-refractivity contribution in [3.8, 4) is 0 Å². The Kier molecular flexibility index (Phi) is 7.69. The van der Waals surface area contributed by atoms with E-state index in [2.05, 4.69) is 5.32 Å². The molecule has 0 saturated carbocycles. The van der Waals surface area contributed by atoms with Gasteiger partial charge in [-0.2, -0.15) is 0 Å². The molecule has 0 aromatic heterocycles. The molecule has 0 radical (unpaired) electrons. The molecule has 160 valence electrons. The molecule has 30 heavy (non-hydrogen) atoms. The van der Waals surface area contributed by atoms with Gasteiger partial charge < -0.3 is 10.2 Å². The van der Waals surface area contributed by atoms with Crippen molar-refractivity contribution in [3.63, 3.8) is 0 Å². The van der Waals surface area contributed by atoms with Gasteiger partial charge in [-0.1, -0.05) is 48.5 Å². The first kappa shape index (κ1) is 23.1. The molecule has 1 atom stereocenters. The highest BCUT2D eigenvalue weighted by molar-refractivity contribution is 5.88. The molecule has 0 unspecified atom stereocenters. The molecule has 0 bridgehead atoms. The van der Waals surface area contributed by atoms with Crippen LogP contribution in [0.2, 0.25) is 0 Å². The van der Waals surface area contributed by atoms with Gasteiger partial charge in [-0.3, -0.25) is 19.7 Å². The van der Waals surface area contributed by atoms with Gasteiger partial charge in [0, 0.05) is 23.7 Å². The standard InChI is InChI=1S/C23H29N3O4/c1-17(22(28)24-23(2,3)4)25(15-14-18-10-6-5-7-11-18)21(27)16-19-12-8-9-13-20(19)26(29)30/h5-13,17H,14-16H2,1-4H3,(H,24,28)/t17-/m0/s1. The lowest BCUT2D eigenvalue weighted by Gasteiger charge is -2.31. The number of nitro benzene ring substituents is 1. The molecule has 2 aromatic rings. The van der Waals surface area contributed by atoms with Crippen LogP contribution in [-0.4, -0.2) is 39.8 Å². The molecule has 0 heterocycles. The lowest BCUT2D eigenvalue weighted by atomic mass is 10.1. The van der Waals surface area contributed by atoms with E-state index >= 15 is 0 Å². The second-order valence-electron chi connectivity index (χ2n) is 8.30. The third-order valence-electron chi connectivity index (χ3n) is 4.68. The SMILES string of the molecule is C[C@@H](C(=O)NC(C)(C)C)N(CCc1ccccc1)C(=O)Cc1ccccc1[N+](=O)[O-]. The predicted octanol–water partition coefficient (Wildman–Crippen LogP) is 3.51. The van der Waals surface area contributed by atoms with Gasteiger partial charge in [0.25, 0.3) is 5.69 Å². The highest BCUT2D eigenvalue weighted by Gasteiger charge is 2.29. The summed E-state index contributed by atoms with van der Waals surface area (Å²) in [5, 5.41) is 14.2. The summed E-state index contributed by atoms with van der Waals surface area (Å²) in [4.78, 5) is 38.2. The minimum Gasteiger partial charge on any atom is -0.350 e. The average molecular weight is 412 g/mol. The fourth-order valence-electron chi connectivity index (χ4n) is 3.15. The van der Waals surface area contributed by atoms with Crippen LogP contribution in [0, 0.1) is 10.1 Å². The zero-order chi connectivity index (χ0) is 22.3. The van der Waals surface area contributed by atoms with Crippen molar-refractivity contribution in [1.82, 2.24) is 10.2 Å². The first-order valence-corrected chi connectivity index (χ1v) is 9.96. The molecule has 1 N–H and O–H groups in total. The maximum absolute atomic E-state index is 13.1. The number of nitro groups is 1. The van der Waals surface area contributed by atoms with E-state index in [4.69, 9.17) is 0 Å². The van der Waals surface area contributed by atoms with Crippen LogP contribution in [0.25, 0.3) is 0 Å². The van der Waals surface area contributed by atoms with E-state index in [1.165, 1.54) is 11.0 Å². The highest BCUT2D eigenvalue weighted by Crippen LogP contribution is 2.20. The van der Waals surface area contributed by atoms with Gasteiger partial charge in [0.1, 0.15) is 6.04 Å². The van der Waals surface area contributed by atoms with Crippen molar-refractivity contribution >= 4 is 17.5 Å². The molecular weight excluding hydrogens is 382 g/mol. The number of nitrogens with one attached hydrogen (secondary N) is 1. The summed E-state index contributed by atoms with van der Waals surface area (Å²) < 4.78 is 0. The second-order valence-corrected chi connectivity index (χ2v) is 8.30. The molecular formula is C23H29N3O4. The lowest BCUT2D eigenvalue weighted by molar-refractivity contribution is -0.385. The van der Waals surface area contributed by atoms with Crippen molar-refractivity contribution in [2.45, 2.75) is 52.1 Å². The minimum atomic E-state index is -0.705. The van der Waals surface area contributed by atoms with Gasteiger partial charge in [-0.15, -0.1) is 0 Å². The van der Waals surface area contributed by atoms with Crippen LogP contribution in [0.3, 0.4) is 0 Å². The molecule has 2 aromatic carbocycles. The van der Waals surface area contributed by atoms with Crippen molar-refractivity contribution < 1.29 is 14.5 Å². The number of hydrogen-bond acceptors (Lipinski definition) is 4. The lowest BCUT2D eigenvalue weighted by Crippen LogP contribution is -2.53. The van der Waals surface area contributed by atoms with E-state index < -0.39 is 16.5 Å². The minimum absolute atomic E-state index is 0.0966. The summed E-state index contributed by atoms with van der Waals surface area (Å²) in [5.74, 6) is -0.580. The molecule has 7 heteroatoms. The molecule has 0 aliphatic heterocycles. The molecule has 0 aliphatic rings. The largest absolute Gasteiger partial charge is 0.350 e. The smallest absolute Gasteiger partial charge is 0.273 e. The fourth-order valence-corrected chi connectivity index (χ4v) is 3.15. The van der Waals surface area contributed by atoms with E-state index in [1.807, 2.05) is 51.1 Å². The number of benzene rings is 2. The maximum Gasteiger partial charge on any atom is 0.273 e. The van der Waals surface area contributed by atoms with Crippen LogP contribution in [-0.2, 0) is 22.4 Å². The molecule has 7 nitrogen and oxygen atoms in total. The Bertz CT molecular complexity index is 891. The summed E-state index contributed by atoms with van der Waals surface area (Å²) in [5.41, 5.74) is 0.850. The molecule has 0 fully saturated rings. The third-order valence-corrected chi connectivity index (χ3v) is 4.68. The first-order chi connectivity index (χ1) is 14.1. The van der Waals surface area contributed by atoms with Crippen molar-refractivity contribution in [2.75, 3.05) is 6.54 Å². The van der Waals surface area contributed by atoms with E-state index in [0.717, 1.165) is 5.56 Å². The van der Waals surface area contributed by atoms with E-state index in [-0.39, 0.29) is 23.9 Å². The second kappa shape index (κ2) is 10.0. The normalized spacial score (nSPS) is 12.1. The highest BCUT2D eigenvalue weighted by atomic mass is 16.6. The van der Waals surface area contributed by atoms with Crippen molar-refractivity contribution in [3.05, 3.63) is 75.8 Å². The number of carbonyl (C=O) groups excluding carboxylic acids is 2. The maximum atomic E-state index is 13.1. The topological polar surface area (TPSA) is 92.6 Å². The Morgan fingerprint density at radius 2 is 1.67 bits per heavy atom. The Labute approximate surface area is 177 Å². The monoisotopic (exact) mass is 411 g/mol. The summed E-state index contributed by atoms with van der Waals surface area (Å²) in [6, 6.07) is 15.2. The average Bonchev–Trinajstić information content (AvgIpc) is 2.67. The van der Waals surface area contributed by atoms with Crippen molar-refractivity contribution in [2.24, 2.45) is 0 Å². The van der Waals surface area contributed by atoms with Crippen LogP contribution < -0.4 is 5.32 Å². The molecule has 2 rings (SSSR count). The summed E-state index contributed by atoms with van der Waals surface area (Å²) in [6.45, 7) is 7.65. The first-order valence-electron chi connectivity index (χ1n) is 9.96. The quantitative estimate of drug-likeness (QED) is 0.531. The summed E-state index contributed by atoms with van der Waals surface area (Å²) in [6.07, 6.45) is 0.440. The van der Waals surface area contributed by atoms with Gasteiger partial charge in [0.15, 0.2) is 0 Å². The molecule has 0 saturated heterocycles. The predicted molar refractivity (Wildman–Crippen MR) is 116 cm³/mol. The number of para-hydroxylation sites is 1. The van der Waals surface area contributed by atoms with Gasteiger partial charge in [-0.25, -0.2) is 0 Å². The van der Waals surface area contributed by atoms with Gasteiger partial charge in [0.05, 0.1) is 11.3 Å². The zero-order valence-electron chi connectivity index (χ0n) is 17.9. The summed E-state index contributed by atoms with van der Waals surface area (Å²) >= 11 is 0. The Morgan fingerprint density at radius 3 is 2.27 bits per heavy atom. The Hall–Kier alpha value is -3.22. The van der Waals surface area contributed by atoms with Gasteiger partial charge in [0.2, 0.25) is 11.8 Å². The van der Waals surface area contributed by atoms with Crippen LogP contribution in [0.5, 0.6) is 0 Å². The van der Waals surface area contributed by atoms with Crippen LogP contribution in [0.15, 0.2) is 54.6 Å². The number of amides is 2. The van der Waals surface area contributed by atoms with Crippen LogP contribution in [0.4, 0.5) is 5.69 Å². The third kappa shape index (κ3) is 6.69. The summed E-state index contributed by atoms with van der Waals surface area (Å²) in [7, 11) is 0. The number of carbonyl (C=O) groups is 2. The molecule has 0 spiro atoms. The number of nitrogens with zero attached hydrogens (tertiary/aromatic N) is 2. The van der Waals surface area contributed by atoms with Gasteiger partial charge in [-0.05, 0) is 39.7 Å². The molecule has 2 amide bonds. The van der Waals surface area contributed by atoms with E-state index in [0.29, 0.717) is 18.5 Å². The van der Waals surface area contributed by atoms with Crippen LogP contribution in [0.1, 0.15) is 38.8 Å². The number of rotatable bonds is 8. The Balaban J connectivity index is 2.24. The zero-order valence-corrected chi connectivity index (χ0v) is 17.9.